The number of nitrogens with zero attached hydrogens (tertiary/aromatic N) is 1. The van der Waals surface area contributed by atoms with E-state index in [0.717, 1.165) is 18.4 Å². The van der Waals surface area contributed by atoms with Crippen molar-refractivity contribution in [3.63, 3.8) is 0 Å². The third-order valence-corrected chi connectivity index (χ3v) is 8.11. The van der Waals surface area contributed by atoms with E-state index in [-0.39, 0.29) is 24.3 Å². The van der Waals surface area contributed by atoms with Crippen LogP contribution in [0.3, 0.4) is 0 Å². The number of rotatable bonds is 5. The Bertz CT molecular complexity index is 1380. The van der Waals surface area contributed by atoms with Crippen molar-refractivity contribution < 1.29 is 22.7 Å². The third-order valence-electron chi connectivity index (χ3n) is 6.98. The summed E-state index contributed by atoms with van der Waals surface area (Å²) in [5.74, 6) is 0.677. The van der Waals surface area contributed by atoms with Gasteiger partial charge in [-0.2, -0.15) is 0 Å². The zero-order valence-corrected chi connectivity index (χ0v) is 20.8. The van der Waals surface area contributed by atoms with Crippen LogP contribution in [0.5, 0.6) is 5.75 Å². The second-order valence-corrected chi connectivity index (χ2v) is 11.4. The number of carbonyl (C=O) groups is 2. The molecule has 1 N–H and O–H groups in total. The summed E-state index contributed by atoms with van der Waals surface area (Å²) in [4.78, 5) is 27.0. The Morgan fingerprint density at radius 3 is 2.31 bits per heavy atom. The molecule has 1 fully saturated rings. The van der Waals surface area contributed by atoms with E-state index in [1.54, 1.807) is 30.3 Å². The number of hydrogen-bond donors (Lipinski definition) is 1. The van der Waals surface area contributed by atoms with Crippen molar-refractivity contribution in [2.75, 3.05) is 31.3 Å². The highest BCUT2D eigenvalue weighted by atomic mass is 32.2. The lowest BCUT2D eigenvalue weighted by Crippen LogP contribution is -2.40. The van der Waals surface area contributed by atoms with Crippen LogP contribution < -0.4 is 10.1 Å². The van der Waals surface area contributed by atoms with Crippen molar-refractivity contribution in [2.24, 2.45) is 5.92 Å². The summed E-state index contributed by atoms with van der Waals surface area (Å²) in [7, 11) is -3.26. The van der Waals surface area contributed by atoms with Crippen LogP contribution in [0.25, 0.3) is 0 Å². The van der Waals surface area contributed by atoms with Gasteiger partial charge in [0.15, 0.2) is 16.4 Å². The van der Waals surface area contributed by atoms with Crippen molar-refractivity contribution in [1.82, 2.24) is 4.90 Å². The summed E-state index contributed by atoms with van der Waals surface area (Å²) in [6, 6.07) is 22.6. The Hall–Kier alpha value is -3.65. The molecular weight excluding hydrogens is 476 g/mol. The molecule has 2 aliphatic heterocycles. The molecule has 2 heterocycles. The van der Waals surface area contributed by atoms with Gasteiger partial charge < -0.3 is 15.0 Å². The molecule has 0 aromatic heterocycles. The van der Waals surface area contributed by atoms with E-state index < -0.39 is 9.84 Å². The average Bonchev–Trinajstić information content (AvgIpc) is 2.89. The van der Waals surface area contributed by atoms with Crippen LogP contribution in [0.15, 0.2) is 77.7 Å². The number of likely N-dealkylation sites (tertiary alicyclic amines) is 1. The molecule has 3 aromatic carbocycles. The Labute approximate surface area is 211 Å². The van der Waals surface area contributed by atoms with Gasteiger partial charge in [0.1, 0.15) is 5.75 Å². The minimum atomic E-state index is -3.26. The van der Waals surface area contributed by atoms with Crippen molar-refractivity contribution >= 4 is 27.3 Å². The molecular formula is C28H28N2O5S. The van der Waals surface area contributed by atoms with Gasteiger partial charge in [-0.05, 0) is 60.2 Å². The highest BCUT2D eigenvalue weighted by molar-refractivity contribution is 7.90. The minimum Gasteiger partial charge on any atom is -0.482 e. The molecule has 1 saturated heterocycles. The number of fused-ring (bicyclic) bond motifs is 1. The molecule has 0 spiro atoms. The molecule has 2 aliphatic rings. The van der Waals surface area contributed by atoms with E-state index in [4.69, 9.17) is 4.74 Å². The number of amides is 2. The second-order valence-electron chi connectivity index (χ2n) is 9.41. The van der Waals surface area contributed by atoms with Gasteiger partial charge in [-0.25, -0.2) is 8.42 Å². The first kappa shape index (κ1) is 24.1. The van der Waals surface area contributed by atoms with E-state index in [2.05, 4.69) is 17.4 Å². The van der Waals surface area contributed by atoms with Crippen molar-refractivity contribution in [3.05, 3.63) is 89.5 Å². The van der Waals surface area contributed by atoms with Crippen LogP contribution in [-0.2, 0) is 14.6 Å². The first-order chi connectivity index (χ1) is 17.3. The number of sulfone groups is 1. The predicted molar refractivity (Wildman–Crippen MR) is 137 cm³/mol. The number of nitrogens with one attached hydrogen (secondary N) is 1. The van der Waals surface area contributed by atoms with Crippen molar-refractivity contribution in [2.45, 2.75) is 23.7 Å². The lowest BCUT2D eigenvalue weighted by Gasteiger charge is -2.37. The second kappa shape index (κ2) is 9.78. The number of ether oxygens (including phenoxy) is 1. The van der Waals surface area contributed by atoms with Gasteiger partial charge >= 0.3 is 0 Å². The first-order valence-corrected chi connectivity index (χ1v) is 13.9. The maximum Gasteiger partial charge on any atom is 0.262 e. The van der Waals surface area contributed by atoms with Crippen LogP contribution in [0.1, 0.15) is 40.2 Å². The molecule has 3 aromatic rings. The number of piperidine rings is 1. The topological polar surface area (TPSA) is 92.8 Å². The smallest absolute Gasteiger partial charge is 0.262 e. The van der Waals surface area contributed by atoms with Crippen LogP contribution >= 0.6 is 0 Å². The van der Waals surface area contributed by atoms with E-state index in [1.165, 1.54) is 11.8 Å². The van der Waals surface area contributed by atoms with Crippen LogP contribution in [0.4, 0.5) is 5.69 Å². The zero-order chi connectivity index (χ0) is 25.3. The molecule has 5 rings (SSSR count). The largest absolute Gasteiger partial charge is 0.482 e. The molecule has 0 aliphatic carbocycles. The fourth-order valence-electron chi connectivity index (χ4n) is 5.15. The van der Waals surface area contributed by atoms with Gasteiger partial charge in [0, 0.05) is 30.8 Å². The van der Waals surface area contributed by atoms with Gasteiger partial charge in [0.05, 0.1) is 10.6 Å². The SMILES string of the molecule is CS(=O)(=O)c1ccc(C(c2ccccc2)C2CCN(C(=O)c3ccc4c(c3)NC(=O)CO4)CC2)cc1. The highest BCUT2D eigenvalue weighted by Gasteiger charge is 2.31. The fourth-order valence-corrected chi connectivity index (χ4v) is 5.78. The van der Waals surface area contributed by atoms with Gasteiger partial charge in [0.25, 0.3) is 11.8 Å². The predicted octanol–water partition coefficient (Wildman–Crippen LogP) is 4.11. The normalized spacial score (nSPS) is 17.0. The molecule has 186 valence electrons. The van der Waals surface area contributed by atoms with Crippen molar-refractivity contribution in [3.8, 4) is 5.75 Å². The summed E-state index contributed by atoms with van der Waals surface area (Å²) in [5, 5.41) is 2.76. The van der Waals surface area contributed by atoms with Gasteiger partial charge in [-0.1, -0.05) is 42.5 Å². The fraction of sp³-hybridized carbons (Fsp3) is 0.286. The Morgan fingerprint density at radius 1 is 0.972 bits per heavy atom. The summed E-state index contributed by atoms with van der Waals surface area (Å²) >= 11 is 0. The quantitative estimate of drug-likeness (QED) is 0.565. The number of carbonyl (C=O) groups excluding carboxylic acids is 2. The molecule has 0 bridgehead atoms. The molecule has 8 heteroatoms. The Morgan fingerprint density at radius 2 is 1.64 bits per heavy atom. The molecule has 7 nitrogen and oxygen atoms in total. The molecule has 2 amide bonds. The minimum absolute atomic E-state index is 0.0205. The standard InChI is InChI=1S/C28H28N2O5S/c1-36(33,34)23-10-7-20(8-11-23)27(19-5-3-2-4-6-19)21-13-15-30(16-14-21)28(32)22-9-12-25-24(17-22)29-26(31)18-35-25/h2-12,17,21,27H,13-16,18H2,1H3,(H,29,31). The molecule has 0 saturated carbocycles. The zero-order valence-electron chi connectivity index (χ0n) is 20.0. The third kappa shape index (κ3) is 4.99. The van der Waals surface area contributed by atoms with Gasteiger partial charge in [-0.3, -0.25) is 9.59 Å². The van der Waals surface area contributed by atoms with Crippen LogP contribution in [-0.4, -0.2) is 51.1 Å². The van der Waals surface area contributed by atoms with E-state index in [0.29, 0.717) is 40.9 Å². The Kier molecular flexibility index (Phi) is 6.53. The van der Waals surface area contributed by atoms with Crippen LogP contribution in [0.2, 0.25) is 0 Å². The number of hydrogen-bond acceptors (Lipinski definition) is 5. The maximum atomic E-state index is 13.2. The Balaban J connectivity index is 1.33. The molecule has 36 heavy (non-hydrogen) atoms. The van der Waals surface area contributed by atoms with Gasteiger partial charge in [0.2, 0.25) is 0 Å². The maximum absolute atomic E-state index is 13.2. The summed E-state index contributed by atoms with van der Waals surface area (Å²) in [6.45, 7) is 1.22. The molecule has 1 unspecified atom stereocenters. The number of anilines is 1. The molecule has 0 radical (unpaired) electrons. The van der Waals surface area contributed by atoms with E-state index >= 15 is 0 Å². The number of benzene rings is 3. The monoisotopic (exact) mass is 504 g/mol. The summed E-state index contributed by atoms with van der Waals surface area (Å²) in [6.07, 6.45) is 2.86. The average molecular weight is 505 g/mol. The van der Waals surface area contributed by atoms with Gasteiger partial charge in [-0.15, -0.1) is 0 Å². The highest BCUT2D eigenvalue weighted by Crippen LogP contribution is 2.39. The lowest BCUT2D eigenvalue weighted by atomic mass is 9.76. The lowest BCUT2D eigenvalue weighted by molar-refractivity contribution is -0.118. The summed E-state index contributed by atoms with van der Waals surface area (Å²) < 4.78 is 29.3. The first-order valence-electron chi connectivity index (χ1n) is 12.0. The van der Waals surface area contributed by atoms with E-state index in [9.17, 15) is 18.0 Å². The van der Waals surface area contributed by atoms with Crippen LogP contribution in [0, 0.1) is 5.92 Å². The molecule has 1 atom stereocenters. The van der Waals surface area contributed by atoms with E-state index in [1.807, 2.05) is 35.2 Å². The van der Waals surface area contributed by atoms with Crippen molar-refractivity contribution in [1.29, 1.82) is 0 Å². The summed E-state index contributed by atoms with van der Waals surface area (Å²) in [5.41, 5.74) is 3.30.